The lowest BCUT2D eigenvalue weighted by Crippen LogP contribution is -2.31. The van der Waals surface area contributed by atoms with Crippen LogP contribution in [0.5, 0.6) is 0 Å². The molecule has 2 rings (SSSR count). The van der Waals surface area contributed by atoms with E-state index in [1.165, 1.54) is 22.8 Å². The van der Waals surface area contributed by atoms with E-state index < -0.39 is 0 Å². The lowest BCUT2D eigenvalue weighted by Gasteiger charge is -2.24. The van der Waals surface area contributed by atoms with Gasteiger partial charge in [-0.1, -0.05) is 19.1 Å². The third-order valence-electron chi connectivity index (χ3n) is 3.16. The maximum atomic E-state index is 12.9. The standard InChI is InChI=1S/C14H20FNS2/c1-2-14(11-3-5-12(15)6-4-11)16-9-13-10-17-7-8-18-13/h3-6,13-14,16H,2,7-10H2,1H3. The van der Waals surface area contributed by atoms with E-state index in [4.69, 9.17) is 0 Å². The van der Waals surface area contributed by atoms with Gasteiger partial charge in [-0.2, -0.15) is 23.5 Å². The molecule has 4 heteroatoms. The van der Waals surface area contributed by atoms with Crippen molar-refractivity contribution in [2.24, 2.45) is 0 Å². The van der Waals surface area contributed by atoms with Crippen molar-refractivity contribution >= 4 is 23.5 Å². The highest BCUT2D eigenvalue weighted by molar-refractivity contribution is 8.06. The van der Waals surface area contributed by atoms with E-state index in [1.807, 2.05) is 23.9 Å². The van der Waals surface area contributed by atoms with Gasteiger partial charge in [0, 0.05) is 35.1 Å². The molecule has 1 fully saturated rings. The number of rotatable bonds is 5. The lowest BCUT2D eigenvalue weighted by atomic mass is 10.0. The minimum absolute atomic E-state index is 0.159. The van der Waals surface area contributed by atoms with Crippen LogP contribution in [0.25, 0.3) is 0 Å². The molecule has 0 saturated carbocycles. The molecule has 2 atom stereocenters. The highest BCUT2D eigenvalue weighted by atomic mass is 32.2. The first-order valence-electron chi connectivity index (χ1n) is 6.47. The number of nitrogens with one attached hydrogen (secondary N) is 1. The Balaban J connectivity index is 1.86. The molecule has 1 aliphatic rings. The second-order valence-electron chi connectivity index (χ2n) is 4.49. The van der Waals surface area contributed by atoms with Gasteiger partial charge in [-0.25, -0.2) is 4.39 Å². The van der Waals surface area contributed by atoms with Crippen LogP contribution in [0, 0.1) is 5.82 Å². The van der Waals surface area contributed by atoms with Gasteiger partial charge in [-0.3, -0.25) is 0 Å². The zero-order valence-corrected chi connectivity index (χ0v) is 12.3. The quantitative estimate of drug-likeness (QED) is 0.885. The van der Waals surface area contributed by atoms with Gasteiger partial charge < -0.3 is 5.32 Å². The SMILES string of the molecule is CCC(NCC1CSCCS1)c1ccc(F)cc1. The molecule has 1 heterocycles. The van der Waals surface area contributed by atoms with Crippen LogP contribution in [0.4, 0.5) is 4.39 Å². The predicted molar refractivity (Wildman–Crippen MR) is 81.0 cm³/mol. The summed E-state index contributed by atoms with van der Waals surface area (Å²) in [4.78, 5) is 0. The van der Waals surface area contributed by atoms with E-state index in [0.29, 0.717) is 6.04 Å². The fourth-order valence-corrected chi connectivity index (χ4v) is 4.75. The van der Waals surface area contributed by atoms with Crippen LogP contribution >= 0.6 is 23.5 Å². The summed E-state index contributed by atoms with van der Waals surface area (Å²) in [5.41, 5.74) is 1.19. The molecule has 100 valence electrons. The summed E-state index contributed by atoms with van der Waals surface area (Å²) in [6.07, 6.45) is 1.04. The second kappa shape index (κ2) is 7.41. The zero-order chi connectivity index (χ0) is 12.8. The van der Waals surface area contributed by atoms with Gasteiger partial charge in [-0.05, 0) is 24.1 Å². The molecule has 0 radical (unpaired) electrons. The summed E-state index contributed by atoms with van der Waals surface area (Å²) in [6.45, 7) is 3.22. The van der Waals surface area contributed by atoms with Gasteiger partial charge in [0.2, 0.25) is 0 Å². The molecular formula is C14H20FNS2. The van der Waals surface area contributed by atoms with Crippen molar-refractivity contribution in [3.05, 3.63) is 35.6 Å². The van der Waals surface area contributed by atoms with Crippen LogP contribution in [0.15, 0.2) is 24.3 Å². The van der Waals surface area contributed by atoms with Crippen molar-refractivity contribution in [2.45, 2.75) is 24.6 Å². The molecule has 0 aliphatic carbocycles. The van der Waals surface area contributed by atoms with Gasteiger partial charge in [0.05, 0.1) is 0 Å². The van der Waals surface area contributed by atoms with Crippen LogP contribution in [0.2, 0.25) is 0 Å². The monoisotopic (exact) mass is 285 g/mol. The van der Waals surface area contributed by atoms with Crippen molar-refractivity contribution < 1.29 is 4.39 Å². The van der Waals surface area contributed by atoms with Gasteiger partial charge in [0.25, 0.3) is 0 Å². The maximum absolute atomic E-state index is 12.9. The molecule has 1 aromatic rings. The molecular weight excluding hydrogens is 265 g/mol. The number of hydrogen-bond donors (Lipinski definition) is 1. The summed E-state index contributed by atoms with van der Waals surface area (Å²) in [5, 5.41) is 4.34. The molecule has 1 N–H and O–H groups in total. The number of thioether (sulfide) groups is 2. The average Bonchev–Trinajstić information content (AvgIpc) is 2.42. The van der Waals surface area contributed by atoms with Crippen molar-refractivity contribution in [1.29, 1.82) is 0 Å². The van der Waals surface area contributed by atoms with E-state index in [2.05, 4.69) is 24.0 Å². The van der Waals surface area contributed by atoms with E-state index in [9.17, 15) is 4.39 Å². The average molecular weight is 285 g/mol. The van der Waals surface area contributed by atoms with Crippen LogP contribution in [-0.4, -0.2) is 29.1 Å². The Kier molecular flexibility index (Phi) is 5.86. The van der Waals surface area contributed by atoms with Gasteiger partial charge in [0.1, 0.15) is 5.82 Å². The maximum Gasteiger partial charge on any atom is 0.123 e. The molecule has 1 aliphatic heterocycles. The van der Waals surface area contributed by atoms with Crippen LogP contribution in [0.1, 0.15) is 24.9 Å². The Hall–Kier alpha value is -0.190. The van der Waals surface area contributed by atoms with E-state index >= 15 is 0 Å². The lowest BCUT2D eigenvalue weighted by molar-refractivity contribution is 0.521. The third kappa shape index (κ3) is 4.18. The Bertz CT molecular complexity index is 349. The summed E-state index contributed by atoms with van der Waals surface area (Å²) in [7, 11) is 0. The highest BCUT2D eigenvalue weighted by Crippen LogP contribution is 2.24. The second-order valence-corrected chi connectivity index (χ2v) is 7.05. The van der Waals surface area contributed by atoms with Crippen LogP contribution in [-0.2, 0) is 0 Å². The fraction of sp³-hybridized carbons (Fsp3) is 0.571. The molecule has 0 bridgehead atoms. The number of halogens is 1. The first-order valence-corrected chi connectivity index (χ1v) is 8.68. The third-order valence-corrected chi connectivity index (χ3v) is 6.00. The Morgan fingerprint density at radius 3 is 2.72 bits per heavy atom. The highest BCUT2D eigenvalue weighted by Gasteiger charge is 2.16. The van der Waals surface area contributed by atoms with Crippen LogP contribution in [0.3, 0.4) is 0 Å². The minimum Gasteiger partial charge on any atom is -0.309 e. The normalized spacial score (nSPS) is 21.8. The molecule has 18 heavy (non-hydrogen) atoms. The number of hydrogen-bond acceptors (Lipinski definition) is 3. The summed E-state index contributed by atoms with van der Waals surface area (Å²) >= 11 is 4.12. The Morgan fingerprint density at radius 1 is 1.33 bits per heavy atom. The Morgan fingerprint density at radius 2 is 2.11 bits per heavy atom. The van der Waals surface area contributed by atoms with Crippen molar-refractivity contribution in [3.63, 3.8) is 0 Å². The molecule has 0 amide bonds. The largest absolute Gasteiger partial charge is 0.309 e. The van der Waals surface area contributed by atoms with Crippen molar-refractivity contribution in [2.75, 3.05) is 23.8 Å². The van der Waals surface area contributed by atoms with Crippen LogP contribution < -0.4 is 5.32 Å². The van der Waals surface area contributed by atoms with Gasteiger partial charge >= 0.3 is 0 Å². The van der Waals surface area contributed by atoms with Crippen molar-refractivity contribution in [3.8, 4) is 0 Å². The Labute approximate surface area is 117 Å². The topological polar surface area (TPSA) is 12.0 Å². The molecule has 0 spiro atoms. The number of benzene rings is 1. The van der Waals surface area contributed by atoms with E-state index in [-0.39, 0.29) is 5.82 Å². The predicted octanol–water partition coefficient (Wildman–Crippen LogP) is 3.72. The summed E-state index contributed by atoms with van der Waals surface area (Å²) < 4.78 is 12.9. The molecule has 1 nitrogen and oxygen atoms in total. The van der Waals surface area contributed by atoms with Gasteiger partial charge in [-0.15, -0.1) is 0 Å². The summed E-state index contributed by atoms with van der Waals surface area (Å²) in [5.74, 6) is 3.64. The van der Waals surface area contributed by atoms with E-state index in [0.717, 1.165) is 18.2 Å². The summed E-state index contributed by atoms with van der Waals surface area (Å²) in [6, 6.07) is 7.21. The van der Waals surface area contributed by atoms with E-state index in [1.54, 1.807) is 12.1 Å². The zero-order valence-electron chi connectivity index (χ0n) is 10.7. The molecule has 1 saturated heterocycles. The molecule has 0 aromatic heterocycles. The first-order chi connectivity index (χ1) is 8.79. The minimum atomic E-state index is -0.159. The smallest absolute Gasteiger partial charge is 0.123 e. The molecule has 1 aromatic carbocycles. The van der Waals surface area contributed by atoms with Crippen molar-refractivity contribution in [1.82, 2.24) is 5.32 Å². The van der Waals surface area contributed by atoms with Gasteiger partial charge in [0.15, 0.2) is 0 Å². The molecule has 2 unspecified atom stereocenters. The fourth-order valence-electron chi connectivity index (χ4n) is 2.12. The first kappa shape index (κ1) is 14.2.